The number of carbonyl (C=O) groups excluding carboxylic acids is 2. The second-order valence-corrected chi connectivity index (χ2v) is 4.83. The number of amides is 1. The van der Waals surface area contributed by atoms with E-state index >= 15 is 0 Å². The Bertz CT molecular complexity index is 689. The molecule has 0 saturated heterocycles. The maximum atomic E-state index is 11.9. The largest absolute Gasteiger partial charge is 0.452 e. The highest BCUT2D eigenvalue weighted by atomic mass is 35.5. The summed E-state index contributed by atoms with van der Waals surface area (Å²) in [6.07, 6.45) is 2.26. The van der Waals surface area contributed by atoms with E-state index in [1.165, 1.54) is 12.3 Å². The van der Waals surface area contributed by atoms with Crippen LogP contribution >= 0.6 is 11.6 Å². The number of rotatable bonds is 5. The molecule has 0 saturated carbocycles. The zero-order valence-electron chi connectivity index (χ0n) is 12.0. The van der Waals surface area contributed by atoms with Gasteiger partial charge in [0.15, 0.2) is 6.61 Å². The Kier molecular flexibility index (Phi) is 5.49. The first-order valence-electron chi connectivity index (χ1n) is 6.77. The van der Waals surface area contributed by atoms with Crippen molar-refractivity contribution in [3.63, 3.8) is 0 Å². The number of nitrogens with zero attached hydrogens (tertiary/aromatic N) is 1. The molecule has 2 aromatic rings. The Labute approximate surface area is 133 Å². The highest BCUT2D eigenvalue weighted by molar-refractivity contribution is 6.32. The topological polar surface area (TPSA) is 68.3 Å². The van der Waals surface area contributed by atoms with Crippen LogP contribution in [0.2, 0.25) is 5.15 Å². The molecule has 6 heteroatoms. The summed E-state index contributed by atoms with van der Waals surface area (Å²) >= 11 is 5.79. The van der Waals surface area contributed by atoms with E-state index in [1.807, 2.05) is 25.1 Å². The van der Waals surface area contributed by atoms with Gasteiger partial charge < -0.3 is 10.1 Å². The van der Waals surface area contributed by atoms with Crippen molar-refractivity contribution in [2.24, 2.45) is 0 Å². The summed E-state index contributed by atoms with van der Waals surface area (Å²) in [5, 5.41) is 2.76. The van der Waals surface area contributed by atoms with Gasteiger partial charge in [-0.3, -0.25) is 4.79 Å². The van der Waals surface area contributed by atoms with Gasteiger partial charge in [-0.25, -0.2) is 9.78 Å². The van der Waals surface area contributed by atoms with Crippen molar-refractivity contribution < 1.29 is 14.3 Å². The van der Waals surface area contributed by atoms with Crippen LogP contribution in [0.15, 0.2) is 42.6 Å². The van der Waals surface area contributed by atoms with Gasteiger partial charge in [0.25, 0.3) is 5.91 Å². The lowest BCUT2D eigenvalue weighted by atomic mass is 10.1. The number of pyridine rings is 1. The SMILES string of the molecule is CCc1ccccc1NC(=O)COC(=O)c1cccnc1Cl. The second kappa shape index (κ2) is 7.56. The van der Waals surface area contributed by atoms with Gasteiger partial charge in [0, 0.05) is 11.9 Å². The average molecular weight is 319 g/mol. The van der Waals surface area contributed by atoms with Crippen LogP contribution in [0.25, 0.3) is 0 Å². The van der Waals surface area contributed by atoms with Crippen molar-refractivity contribution in [1.82, 2.24) is 4.98 Å². The molecule has 5 nitrogen and oxygen atoms in total. The van der Waals surface area contributed by atoms with Crippen LogP contribution in [0.5, 0.6) is 0 Å². The van der Waals surface area contributed by atoms with Crippen LogP contribution in [0.4, 0.5) is 5.69 Å². The lowest BCUT2D eigenvalue weighted by Gasteiger charge is -2.10. The molecule has 0 radical (unpaired) electrons. The number of nitrogens with one attached hydrogen (secondary N) is 1. The average Bonchev–Trinajstić information content (AvgIpc) is 2.53. The van der Waals surface area contributed by atoms with Crippen LogP contribution in [0.3, 0.4) is 0 Å². The maximum Gasteiger partial charge on any atom is 0.341 e. The van der Waals surface area contributed by atoms with Crippen molar-refractivity contribution in [2.75, 3.05) is 11.9 Å². The number of hydrogen-bond acceptors (Lipinski definition) is 4. The van der Waals surface area contributed by atoms with Crippen LogP contribution in [-0.4, -0.2) is 23.5 Å². The van der Waals surface area contributed by atoms with Gasteiger partial charge in [-0.15, -0.1) is 0 Å². The molecule has 0 unspecified atom stereocenters. The normalized spacial score (nSPS) is 10.1. The lowest BCUT2D eigenvalue weighted by molar-refractivity contribution is -0.119. The number of halogens is 1. The first kappa shape index (κ1) is 16.0. The Morgan fingerprint density at radius 2 is 2.00 bits per heavy atom. The number of aromatic nitrogens is 1. The van der Waals surface area contributed by atoms with E-state index in [4.69, 9.17) is 16.3 Å². The highest BCUT2D eigenvalue weighted by Crippen LogP contribution is 2.16. The third-order valence-electron chi connectivity index (χ3n) is 2.99. The van der Waals surface area contributed by atoms with Gasteiger partial charge >= 0.3 is 5.97 Å². The van der Waals surface area contributed by atoms with Crippen LogP contribution in [0, 0.1) is 0 Å². The number of carbonyl (C=O) groups is 2. The minimum Gasteiger partial charge on any atom is -0.452 e. The van der Waals surface area contributed by atoms with Gasteiger partial charge in [-0.05, 0) is 30.2 Å². The molecule has 1 aromatic heterocycles. The monoisotopic (exact) mass is 318 g/mol. The molecule has 114 valence electrons. The molecule has 0 aliphatic heterocycles. The van der Waals surface area contributed by atoms with Crippen molar-refractivity contribution >= 4 is 29.2 Å². The number of ether oxygens (including phenoxy) is 1. The third-order valence-corrected chi connectivity index (χ3v) is 3.29. The Morgan fingerprint density at radius 3 is 2.73 bits per heavy atom. The molecule has 1 aromatic carbocycles. The summed E-state index contributed by atoms with van der Waals surface area (Å²) in [4.78, 5) is 27.5. The predicted molar refractivity (Wildman–Crippen MR) is 84.0 cm³/mol. The zero-order chi connectivity index (χ0) is 15.9. The van der Waals surface area contributed by atoms with Gasteiger partial charge in [0.1, 0.15) is 5.15 Å². The smallest absolute Gasteiger partial charge is 0.341 e. The summed E-state index contributed by atoms with van der Waals surface area (Å²) in [5.41, 5.74) is 1.86. The minimum absolute atomic E-state index is 0.0456. The van der Waals surface area contributed by atoms with Crippen molar-refractivity contribution in [3.05, 3.63) is 58.9 Å². The molecule has 22 heavy (non-hydrogen) atoms. The van der Waals surface area contributed by atoms with Gasteiger partial charge in [0.2, 0.25) is 0 Å². The van der Waals surface area contributed by atoms with Crippen molar-refractivity contribution in [1.29, 1.82) is 0 Å². The molecule has 0 bridgehead atoms. The molecule has 1 N–H and O–H groups in total. The second-order valence-electron chi connectivity index (χ2n) is 4.48. The first-order valence-corrected chi connectivity index (χ1v) is 7.15. The molecule has 0 aliphatic rings. The minimum atomic E-state index is -0.683. The predicted octanol–water partition coefficient (Wildman–Crippen LogP) is 3.09. The van der Waals surface area contributed by atoms with Gasteiger partial charge in [0.05, 0.1) is 5.56 Å². The van der Waals surface area contributed by atoms with E-state index in [2.05, 4.69) is 10.3 Å². The number of benzene rings is 1. The number of para-hydroxylation sites is 1. The Balaban J connectivity index is 1.93. The lowest BCUT2D eigenvalue weighted by Crippen LogP contribution is -2.21. The van der Waals surface area contributed by atoms with Crippen LogP contribution in [-0.2, 0) is 16.0 Å². The summed E-state index contributed by atoms with van der Waals surface area (Å²) in [7, 11) is 0. The van der Waals surface area contributed by atoms with E-state index in [0.29, 0.717) is 5.69 Å². The molecule has 2 rings (SSSR count). The third kappa shape index (κ3) is 4.05. The molecule has 0 fully saturated rings. The number of hydrogen-bond donors (Lipinski definition) is 1. The summed E-state index contributed by atoms with van der Waals surface area (Å²) in [6, 6.07) is 10.5. The number of anilines is 1. The summed E-state index contributed by atoms with van der Waals surface area (Å²) in [6.45, 7) is 1.61. The fourth-order valence-corrected chi connectivity index (χ4v) is 2.08. The van der Waals surface area contributed by atoms with E-state index in [9.17, 15) is 9.59 Å². The molecule has 0 aliphatic carbocycles. The van der Waals surface area contributed by atoms with Gasteiger partial charge in [-0.1, -0.05) is 36.7 Å². The summed E-state index contributed by atoms with van der Waals surface area (Å²) < 4.78 is 4.94. The van der Waals surface area contributed by atoms with Crippen LogP contribution in [0.1, 0.15) is 22.8 Å². The molecule has 0 spiro atoms. The molecule has 1 amide bonds. The first-order chi connectivity index (χ1) is 10.6. The standard InChI is InChI=1S/C16H15ClN2O3/c1-2-11-6-3-4-8-13(11)19-14(20)10-22-16(21)12-7-5-9-18-15(12)17/h3-9H,2,10H2,1H3,(H,19,20). The fraction of sp³-hybridized carbons (Fsp3) is 0.188. The molecule has 1 heterocycles. The Hall–Kier alpha value is -2.40. The van der Waals surface area contributed by atoms with Crippen molar-refractivity contribution in [3.8, 4) is 0 Å². The molecule has 0 atom stereocenters. The molecular weight excluding hydrogens is 304 g/mol. The van der Waals surface area contributed by atoms with E-state index < -0.39 is 11.9 Å². The molecular formula is C16H15ClN2O3. The fourth-order valence-electron chi connectivity index (χ4n) is 1.88. The van der Waals surface area contributed by atoms with E-state index in [-0.39, 0.29) is 17.3 Å². The van der Waals surface area contributed by atoms with E-state index in [1.54, 1.807) is 12.1 Å². The van der Waals surface area contributed by atoms with Crippen LogP contribution < -0.4 is 5.32 Å². The van der Waals surface area contributed by atoms with E-state index in [0.717, 1.165) is 12.0 Å². The number of aryl methyl sites for hydroxylation is 1. The zero-order valence-corrected chi connectivity index (χ0v) is 12.8. The maximum absolute atomic E-state index is 11.9. The Morgan fingerprint density at radius 1 is 1.23 bits per heavy atom. The van der Waals surface area contributed by atoms with Gasteiger partial charge in [-0.2, -0.15) is 0 Å². The summed E-state index contributed by atoms with van der Waals surface area (Å²) in [5.74, 6) is -1.09. The highest BCUT2D eigenvalue weighted by Gasteiger charge is 2.14. The van der Waals surface area contributed by atoms with Crippen molar-refractivity contribution in [2.45, 2.75) is 13.3 Å². The number of esters is 1. The quantitative estimate of drug-likeness (QED) is 0.679.